The highest BCUT2D eigenvalue weighted by Crippen LogP contribution is 2.10. The van der Waals surface area contributed by atoms with Crippen molar-refractivity contribution in [2.24, 2.45) is 23.3 Å². The molecule has 0 fully saturated rings. The first-order valence-corrected chi connectivity index (χ1v) is 16.7. The van der Waals surface area contributed by atoms with Gasteiger partial charge in [0.05, 0.1) is 19.1 Å². The Morgan fingerprint density at radius 1 is 0.585 bits per heavy atom. The van der Waals surface area contributed by atoms with Crippen LogP contribution in [0.4, 0.5) is 0 Å². The number of aliphatic carboxylic acids is 3. The van der Waals surface area contributed by atoms with Gasteiger partial charge < -0.3 is 63.8 Å². The van der Waals surface area contributed by atoms with Crippen molar-refractivity contribution < 1.29 is 68.4 Å². The van der Waals surface area contributed by atoms with E-state index in [2.05, 4.69) is 31.9 Å². The highest BCUT2D eigenvalue weighted by molar-refractivity contribution is 5.98. The minimum absolute atomic E-state index is 0.282. The van der Waals surface area contributed by atoms with Gasteiger partial charge in [-0.25, -0.2) is 4.79 Å². The van der Waals surface area contributed by atoms with Crippen molar-refractivity contribution in [1.82, 2.24) is 31.9 Å². The molecule has 14 N–H and O–H groups in total. The number of carbonyl (C=O) groups is 10. The molecule has 0 aliphatic carbocycles. The van der Waals surface area contributed by atoms with Gasteiger partial charge in [-0.2, -0.15) is 0 Å². The van der Waals surface area contributed by atoms with E-state index < -0.39 is 146 Å². The molecule has 0 saturated carbocycles. The van der Waals surface area contributed by atoms with Gasteiger partial charge in [0, 0.05) is 12.8 Å². The number of amides is 7. The minimum Gasteiger partial charge on any atom is -0.481 e. The molecule has 8 atom stereocenters. The van der Waals surface area contributed by atoms with E-state index in [4.69, 9.17) is 21.7 Å². The maximum Gasteiger partial charge on any atom is 0.326 e. The van der Waals surface area contributed by atoms with E-state index in [1.165, 1.54) is 20.8 Å². The minimum atomic E-state index is -1.76. The molecular formula is C31H52N8O14. The molecule has 0 saturated heterocycles. The Morgan fingerprint density at radius 2 is 1.06 bits per heavy atom. The average molecular weight is 761 g/mol. The standard InChI is InChI=1S/C31H52N8O14/c1-6-14(4)24(30(51)34-15(5)25(46)37-19(12-40)29(50)38-23(13(2)3)31(52)53)39-28(49)18(11-20(33)41)36-27(48)17(8-10-22(44)45)35-26(47)16(32)7-9-21(42)43/h13-19,23-24,40H,6-12,32H2,1-5H3,(H2,33,41)(H,34,51)(H,35,47)(H,36,48)(H,37,46)(H,38,50)(H,39,49)(H,42,43)(H,44,45)(H,52,53)/t14-,15-,16-,17-,18-,19-,23-,24-/m0/s1. The molecule has 0 radical (unpaired) electrons. The Balaban J connectivity index is 5.97. The van der Waals surface area contributed by atoms with Gasteiger partial charge in [0.2, 0.25) is 41.4 Å². The van der Waals surface area contributed by atoms with Crippen LogP contribution >= 0.6 is 0 Å². The van der Waals surface area contributed by atoms with E-state index in [0.29, 0.717) is 0 Å². The first-order chi connectivity index (χ1) is 24.5. The van der Waals surface area contributed by atoms with Crippen LogP contribution in [0.5, 0.6) is 0 Å². The van der Waals surface area contributed by atoms with Gasteiger partial charge in [-0.05, 0) is 31.6 Å². The van der Waals surface area contributed by atoms with Gasteiger partial charge in [0.25, 0.3) is 0 Å². The molecule has 0 rings (SSSR count). The van der Waals surface area contributed by atoms with Crippen LogP contribution < -0.4 is 43.4 Å². The highest BCUT2D eigenvalue weighted by atomic mass is 16.4. The number of aliphatic hydroxyl groups excluding tert-OH is 1. The van der Waals surface area contributed by atoms with Crippen molar-refractivity contribution in [1.29, 1.82) is 0 Å². The molecule has 0 aliphatic rings. The second-order valence-corrected chi connectivity index (χ2v) is 12.7. The Morgan fingerprint density at radius 3 is 1.53 bits per heavy atom. The molecule has 0 aromatic heterocycles. The molecule has 0 aromatic carbocycles. The lowest BCUT2D eigenvalue weighted by Crippen LogP contribution is -2.61. The third-order valence-corrected chi connectivity index (χ3v) is 7.92. The summed E-state index contributed by atoms with van der Waals surface area (Å²) in [6.45, 7) is 6.59. The third-order valence-electron chi connectivity index (χ3n) is 7.92. The van der Waals surface area contributed by atoms with Crippen LogP contribution in [0.15, 0.2) is 0 Å². The molecule has 0 aliphatic heterocycles. The summed E-state index contributed by atoms with van der Waals surface area (Å²) in [5.74, 6) is -12.3. The van der Waals surface area contributed by atoms with Gasteiger partial charge in [-0.3, -0.25) is 43.2 Å². The third kappa shape index (κ3) is 17.6. The number of nitrogens with one attached hydrogen (secondary N) is 6. The van der Waals surface area contributed by atoms with Gasteiger partial charge in [0.1, 0.15) is 36.3 Å². The topological polar surface area (TPSA) is 376 Å². The molecule has 0 unspecified atom stereocenters. The number of nitrogens with two attached hydrogens (primary N) is 2. The summed E-state index contributed by atoms with van der Waals surface area (Å²) in [5.41, 5.74) is 11.0. The van der Waals surface area contributed by atoms with Crippen molar-refractivity contribution in [2.75, 3.05) is 6.61 Å². The first kappa shape index (κ1) is 47.6. The summed E-state index contributed by atoms with van der Waals surface area (Å²) in [6.07, 6.45) is -2.47. The molecule has 22 nitrogen and oxygen atoms in total. The van der Waals surface area contributed by atoms with Crippen molar-refractivity contribution in [2.45, 2.75) is 115 Å². The monoisotopic (exact) mass is 760 g/mol. The highest BCUT2D eigenvalue weighted by Gasteiger charge is 2.35. The molecule has 300 valence electrons. The van der Waals surface area contributed by atoms with E-state index >= 15 is 0 Å². The van der Waals surface area contributed by atoms with E-state index in [1.54, 1.807) is 13.8 Å². The lowest BCUT2D eigenvalue weighted by Gasteiger charge is -2.28. The zero-order valence-electron chi connectivity index (χ0n) is 30.2. The van der Waals surface area contributed by atoms with Crippen molar-refractivity contribution in [3.05, 3.63) is 0 Å². The van der Waals surface area contributed by atoms with Crippen molar-refractivity contribution in [3.8, 4) is 0 Å². The number of carboxylic acid groups (broad SMARTS) is 3. The molecule has 0 aromatic rings. The molecule has 0 heterocycles. The van der Waals surface area contributed by atoms with Gasteiger partial charge in [0.15, 0.2) is 0 Å². The van der Waals surface area contributed by atoms with Crippen molar-refractivity contribution in [3.63, 3.8) is 0 Å². The van der Waals surface area contributed by atoms with Crippen LogP contribution in [0.3, 0.4) is 0 Å². The fourth-order valence-electron chi connectivity index (χ4n) is 4.49. The van der Waals surface area contributed by atoms with Crippen LogP contribution in [0.25, 0.3) is 0 Å². The number of rotatable bonds is 25. The van der Waals surface area contributed by atoms with Crippen LogP contribution in [0, 0.1) is 11.8 Å². The maximum absolute atomic E-state index is 13.4. The van der Waals surface area contributed by atoms with E-state index in [0.717, 1.165) is 0 Å². The molecule has 0 bridgehead atoms. The quantitative estimate of drug-likeness (QED) is 0.0418. The zero-order chi connectivity index (χ0) is 41.2. The van der Waals surface area contributed by atoms with E-state index in [9.17, 15) is 58.2 Å². The number of carboxylic acids is 3. The second kappa shape index (κ2) is 23.2. The predicted octanol–water partition coefficient (Wildman–Crippen LogP) is -4.37. The predicted molar refractivity (Wildman–Crippen MR) is 182 cm³/mol. The SMILES string of the molecule is CC[C@H](C)[C@H](NC(=O)[C@H](CC(N)=O)NC(=O)[C@H](CCC(=O)O)NC(=O)[C@@H](N)CCC(=O)O)C(=O)N[C@@H](C)C(=O)N[C@@H](CO)C(=O)N[C@H](C(=O)O)C(C)C. The van der Waals surface area contributed by atoms with Crippen LogP contribution in [0.1, 0.15) is 73.1 Å². The average Bonchev–Trinajstić information content (AvgIpc) is 3.06. The number of primary amides is 1. The smallest absolute Gasteiger partial charge is 0.326 e. The fraction of sp³-hybridized carbons (Fsp3) is 0.677. The van der Waals surface area contributed by atoms with Crippen LogP contribution in [-0.4, -0.2) is 129 Å². The lowest BCUT2D eigenvalue weighted by atomic mass is 9.97. The molecule has 7 amide bonds. The second-order valence-electron chi connectivity index (χ2n) is 12.7. The summed E-state index contributed by atoms with van der Waals surface area (Å²) in [5, 5.41) is 50.5. The number of carbonyl (C=O) groups excluding carboxylic acids is 7. The number of hydrogen-bond donors (Lipinski definition) is 12. The number of hydrogen-bond acceptors (Lipinski definition) is 12. The van der Waals surface area contributed by atoms with Gasteiger partial charge in [-0.1, -0.05) is 34.1 Å². The molecule has 0 spiro atoms. The van der Waals surface area contributed by atoms with E-state index in [1.807, 2.05) is 0 Å². The zero-order valence-corrected chi connectivity index (χ0v) is 30.2. The van der Waals surface area contributed by atoms with Crippen molar-refractivity contribution >= 4 is 59.3 Å². The molecular weight excluding hydrogens is 708 g/mol. The summed E-state index contributed by atoms with van der Waals surface area (Å²) in [6, 6.07) is -10.5. The summed E-state index contributed by atoms with van der Waals surface area (Å²) < 4.78 is 0. The normalized spacial score (nSPS) is 15.5. The van der Waals surface area contributed by atoms with Gasteiger partial charge >= 0.3 is 17.9 Å². The van der Waals surface area contributed by atoms with E-state index in [-0.39, 0.29) is 12.8 Å². The van der Waals surface area contributed by atoms with Crippen LogP contribution in [0.2, 0.25) is 0 Å². The summed E-state index contributed by atoms with van der Waals surface area (Å²) in [7, 11) is 0. The van der Waals surface area contributed by atoms with Gasteiger partial charge in [-0.15, -0.1) is 0 Å². The summed E-state index contributed by atoms with van der Waals surface area (Å²) >= 11 is 0. The molecule has 22 heteroatoms. The lowest BCUT2D eigenvalue weighted by molar-refractivity contribution is -0.144. The van der Waals surface area contributed by atoms with Crippen LogP contribution in [-0.2, 0) is 47.9 Å². The summed E-state index contributed by atoms with van der Waals surface area (Å²) in [4.78, 5) is 123. The largest absolute Gasteiger partial charge is 0.481 e. The first-order valence-electron chi connectivity index (χ1n) is 16.7. The Labute approximate surface area is 304 Å². The fourth-order valence-corrected chi connectivity index (χ4v) is 4.49. The Kier molecular flexibility index (Phi) is 20.9. The Hall–Kier alpha value is -5.38. The Bertz CT molecular complexity index is 1360. The maximum atomic E-state index is 13.4. The number of aliphatic hydroxyl groups is 1. The molecule has 53 heavy (non-hydrogen) atoms.